The zero-order valence-electron chi connectivity index (χ0n) is 8.93. The first kappa shape index (κ1) is 12.5. The SMILES string of the molecule is C#CCNC(=O)NCc1ccc(C(=O)O)nc1. The van der Waals surface area contributed by atoms with Crippen molar-refractivity contribution >= 4 is 12.0 Å². The molecular formula is C11H11N3O3. The van der Waals surface area contributed by atoms with Crippen molar-refractivity contribution in [3.05, 3.63) is 29.6 Å². The molecule has 88 valence electrons. The van der Waals surface area contributed by atoms with Crippen LogP contribution < -0.4 is 10.6 Å². The number of carboxylic acid groups (broad SMARTS) is 1. The van der Waals surface area contributed by atoms with E-state index >= 15 is 0 Å². The lowest BCUT2D eigenvalue weighted by Gasteiger charge is -2.05. The van der Waals surface area contributed by atoms with Gasteiger partial charge in [0.25, 0.3) is 0 Å². The van der Waals surface area contributed by atoms with Crippen LogP contribution in [0.5, 0.6) is 0 Å². The molecule has 3 N–H and O–H groups in total. The van der Waals surface area contributed by atoms with Crippen LogP contribution in [0.3, 0.4) is 0 Å². The number of hydrogen-bond donors (Lipinski definition) is 3. The van der Waals surface area contributed by atoms with Crippen LogP contribution >= 0.6 is 0 Å². The number of aromatic nitrogens is 1. The summed E-state index contributed by atoms with van der Waals surface area (Å²) in [4.78, 5) is 25.4. The van der Waals surface area contributed by atoms with Crippen molar-refractivity contribution in [2.75, 3.05) is 6.54 Å². The molecule has 0 spiro atoms. The van der Waals surface area contributed by atoms with Gasteiger partial charge in [-0.3, -0.25) is 0 Å². The van der Waals surface area contributed by atoms with Crippen LogP contribution in [0.2, 0.25) is 0 Å². The molecule has 0 unspecified atom stereocenters. The number of rotatable bonds is 4. The Labute approximate surface area is 98.1 Å². The second-order valence-corrected chi connectivity index (χ2v) is 3.10. The fourth-order valence-corrected chi connectivity index (χ4v) is 1.03. The Bertz CT molecular complexity index is 448. The first-order chi connectivity index (χ1) is 8.13. The second-order valence-electron chi connectivity index (χ2n) is 3.10. The minimum Gasteiger partial charge on any atom is -0.477 e. The molecule has 0 atom stereocenters. The smallest absolute Gasteiger partial charge is 0.354 e. The van der Waals surface area contributed by atoms with Gasteiger partial charge in [-0.15, -0.1) is 6.42 Å². The monoisotopic (exact) mass is 233 g/mol. The van der Waals surface area contributed by atoms with E-state index < -0.39 is 5.97 Å². The van der Waals surface area contributed by atoms with Gasteiger partial charge in [0.2, 0.25) is 0 Å². The number of hydrogen-bond acceptors (Lipinski definition) is 3. The Balaban J connectivity index is 2.45. The largest absolute Gasteiger partial charge is 0.477 e. The highest BCUT2D eigenvalue weighted by atomic mass is 16.4. The van der Waals surface area contributed by atoms with E-state index in [2.05, 4.69) is 21.5 Å². The summed E-state index contributed by atoms with van der Waals surface area (Å²) in [6.45, 7) is 0.408. The number of amides is 2. The first-order valence-corrected chi connectivity index (χ1v) is 4.77. The molecule has 0 fully saturated rings. The quantitative estimate of drug-likeness (QED) is 0.648. The lowest BCUT2D eigenvalue weighted by Crippen LogP contribution is -2.35. The number of nitrogens with zero attached hydrogens (tertiary/aromatic N) is 1. The van der Waals surface area contributed by atoms with E-state index in [-0.39, 0.29) is 24.8 Å². The minimum atomic E-state index is -1.09. The molecule has 0 aliphatic rings. The van der Waals surface area contributed by atoms with Gasteiger partial charge in [-0.2, -0.15) is 0 Å². The first-order valence-electron chi connectivity index (χ1n) is 4.77. The van der Waals surface area contributed by atoms with Crippen LogP contribution in [0.25, 0.3) is 0 Å². The summed E-state index contributed by atoms with van der Waals surface area (Å²) in [5.74, 6) is 1.18. The van der Waals surface area contributed by atoms with Gasteiger partial charge < -0.3 is 15.7 Å². The fraction of sp³-hybridized carbons (Fsp3) is 0.182. The van der Waals surface area contributed by atoms with Gasteiger partial charge in [-0.05, 0) is 11.6 Å². The van der Waals surface area contributed by atoms with Crippen LogP contribution in [-0.4, -0.2) is 28.6 Å². The molecule has 6 heteroatoms. The molecule has 2 amide bonds. The Kier molecular flexibility index (Phi) is 4.51. The fourth-order valence-electron chi connectivity index (χ4n) is 1.03. The summed E-state index contributed by atoms with van der Waals surface area (Å²) < 4.78 is 0. The van der Waals surface area contributed by atoms with Crippen LogP contribution in [0.15, 0.2) is 18.3 Å². The van der Waals surface area contributed by atoms with E-state index in [1.807, 2.05) is 0 Å². The number of carbonyl (C=O) groups excluding carboxylic acids is 1. The predicted molar refractivity (Wildman–Crippen MR) is 60.3 cm³/mol. The number of carbonyl (C=O) groups is 2. The Morgan fingerprint density at radius 1 is 1.41 bits per heavy atom. The van der Waals surface area contributed by atoms with Gasteiger partial charge in [0, 0.05) is 12.7 Å². The van der Waals surface area contributed by atoms with Crippen LogP contribution in [0.1, 0.15) is 16.1 Å². The summed E-state index contributed by atoms with van der Waals surface area (Å²) in [5.41, 5.74) is 0.663. The van der Waals surface area contributed by atoms with E-state index in [1.54, 1.807) is 6.07 Å². The molecule has 0 aliphatic carbocycles. The summed E-state index contributed by atoms with van der Waals surface area (Å²) in [7, 11) is 0. The van der Waals surface area contributed by atoms with Crippen molar-refractivity contribution in [3.63, 3.8) is 0 Å². The van der Waals surface area contributed by atoms with Crippen molar-refractivity contribution in [1.82, 2.24) is 15.6 Å². The zero-order valence-corrected chi connectivity index (χ0v) is 8.93. The molecule has 0 bridgehead atoms. The average Bonchev–Trinajstić information content (AvgIpc) is 2.34. The molecular weight excluding hydrogens is 222 g/mol. The molecule has 0 saturated heterocycles. The van der Waals surface area contributed by atoms with Crippen molar-refractivity contribution in [2.45, 2.75) is 6.54 Å². The molecule has 6 nitrogen and oxygen atoms in total. The van der Waals surface area contributed by atoms with Crippen LogP contribution in [0.4, 0.5) is 4.79 Å². The van der Waals surface area contributed by atoms with Gasteiger partial charge in [0.05, 0.1) is 6.54 Å². The minimum absolute atomic E-state index is 0.0365. The lowest BCUT2D eigenvalue weighted by molar-refractivity contribution is 0.0690. The molecule has 0 saturated carbocycles. The number of nitrogens with one attached hydrogen (secondary N) is 2. The van der Waals surface area contributed by atoms with Gasteiger partial charge in [-0.25, -0.2) is 14.6 Å². The van der Waals surface area contributed by atoms with E-state index in [4.69, 9.17) is 11.5 Å². The molecule has 0 aliphatic heterocycles. The number of carboxylic acids is 1. The van der Waals surface area contributed by atoms with Crippen molar-refractivity contribution in [3.8, 4) is 12.3 Å². The van der Waals surface area contributed by atoms with E-state index in [0.717, 1.165) is 0 Å². The summed E-state index contributed by atoms with van der Waals surface area (Å²) in [6.07, 6.45) is 6.36. The number of aromatic carboxylic acids is 1. The van der Waals surface area contributed by atoms with Crippen LogP contribution in [-0.2, 0) is 6.54 Å². The van der Waals surface area contributed by atoms with Gasteiger partial charge >= 0.3 is 12.0 Å². The topological polar surface area (TPSA) is 91.3 Å². The highest BCUT2D eigenvalue weighted by molar-refractivity contribution is 5.85. The highest BCUT2D eigenvalue weighted by Gasteiger charge is 2.04. The molecule has 1 heterocycles. The molecule has 1 rings (SSSR count). The van der Waals surface area contributed by atoms with Crippen molar-refractivity contribution in [1.29, 1.82) is 0 Å². The zero-order chi connectivity index (χ0) is 12.7. The molecule has 0 radical (unpaired) electrons. The van der Waals surface area contributed by atoms with E-state index in [9.17, 15) is 9.59 Å². The lowest BCUT2D eigenvalue weighted by atomic mass is 10.2. The van der Waals surface area contributed by atoms with Gasteiger partial charge in [0.15, 0.2) is 0 Å². The Morgan fingerprint density at radius 3 is 2.71 bits per heavy atom. The predicted octanol–water partition coefficient (Wildman–Crippen LogP) is 0.212. The highest BCUT2D eigenvalue weighted by Crippen LogP contribution is 1.99. The maximum Gasteiger partial charge on any atom is 0.354 e. The van der Waals surface area contributed by atoms with Crippen LogP contribution in [0, 0.1) is 12.3 Å². The number of pyridine rings is 1. The maximum atomic E-state index is 11.1. The van der Waals surface area contributed by atoms with E-state index in [0.29, 0.717) is 5.56 Å². The molecule has 17 heavy (non-hydrogen) atoms. The molecule has 1 aromatic heterocycles. The number of terminal acetylenes is 1. The standard InChI is InChI=1S/C11H11N3O3/c1-2-5-12-11(17)14-7-8-3-4-9(10(15)16)13-6-8/h1,3-4,6H,5,7H2,(H,15,16)(H2,12,14,17). The average molecular weight is 233 g/mol. The van der Waals surface area contributed by atoms with E-state index in [1.165, 1.54) is 12.3 Å². The summed E-state index contributed by atoms with van der Waals surface area (Å²) in [6, 6.07) is 2.57. The van der Waals surface area contributed by atoms with Crippen molar-refractivity contribution < 1.29 is 14.7 Å². The molecule has 1 aromatic rings. The third-order valence-electron chi connectivity index (χ3n) is 1.85. The van der Waals surface area contributed by atoms with Crippen molar-refractivity contribution in [2.24, 2.45) is 0 Å². The number of urea groups is 1. The summed E-state index contributed by atoms with van der Waals surface area (Å²) in [5, 5.41) is 13.6. The Morgan fingerprint density at radius 2 is 2.18 bits per heavy atom. The second kappa shape index (κ2) is 6.12. The molecule has 0 aromatic carbocycles. The maximum absolute atomic E-state index is 11.1. The summed E-state index contributed by atoms with van der Waals surface area (Å²) >= 11 is 0. The van der Waals surface area contributed by atoms with Gasteiger partial charge in [-0.1, -0.05) is 12.0 Å². The normalized spacial score (nSPS) is 9.12. The third-order valence-corrected chi connectivity index (χ3v) is 1.85. The van der Waals surface area contributed by atoms with Gasteiger partial charge in [0.1, 0.15) is 5.69 Å². The Hall–Kier alpha value is -2.55. The third kappa shape index (κ3) is 4.22.